The lowest BCUT2D eigenvalue weighted by Gasteiger charge is -2.10. The second-order valence-corrected chi connectivity index (χ2v) is 4.68. The smallest absolute Gasteiger partial charge is 0.347 e. The van der Waals surface area contributed by atoms with Gasteiger partial charge in [0.1, 0.15) is 28.6 Å². The van der Waals surface area contributed by atoms with E-state index in [9.17, 15) is 14.4 Å². The zero-order chi connectivity index (χ0) is 16.4. The third-order valence-electron chi connectivity index (χ3n) is 3.11. The molecule has 0 fully saturated rings. The minimum atomic E-state index is -1.12. The van der Waals surface area contributed by atoms with E-state index in [-0.39, 0.29) is 16.9 Å². The predicted molar refractivity (Wildman–Crippen MR) is 76.4 cm³/mol. The zero-order valence-corrected chi connectivity index (χ0v) is 12.2. The Morgan fingerprint density at radius 1 is 1.27 bits per heavy atom. The van der Waals surface area contributed by atoms with E-state index < -0.39 is 23.5 Å². The highest BCUT2D eigenvalue weighted by Crippen LogP contribution is 2.31. The molecule has 0 radical (unpaired) electrons. The van der Waals surface area contributed by atoms with E-state index in [0.29, 0.717) is 11.1 Å². The summed E-state index contributed by atoms with van der Waals surface area (Å²) in [6.45, 7) is 2.60. The Balaban J connectivity index is 2.75. The number of hydrogen-bond acceptors (Lipinski definition) is 6. The van der Waals surface area contributed by atoms with Crippen molar-refractivity contribution < 1.29 is 28.6 Å². The average Bonchev–Trinajstić information content (AvgIpc) is 2.44. The number of carbonyl (C=O) groups excluding carboxylic acids is 1. The van der Waals surface area contributed by atoms with E-state index in [1.807, 2.05) is 0 Å². The minimum absolute atomic E-state index is 0.00475. The monoisotopic (exact) mass is 306 g/mol. The van der Waals surface area contributed by atoms with Crippen LogP contribution in [0, 0.1) is 0 Å². The van der Waals surface area contributed by atoms with Gasteiger partial charge in [0.2, 0.25) is 0 Å². The molecule has 0 spiro atoms. The predicted octanol–water partition coefficient (Wildman–Crippen LogP) is 1.92. The maximum atomic E-state index is 12.1. The summed E-state index contributed by atoms with van der Waals surface area (Å²) in [4.78, 5) is 34.3. The molecule has 7 heteroatoms. The van der Waals surface area contributed by atoms with Crippen LogP contribution in [0.3, 0.4) is 0 Å². The molecular formula is C15H14O7. The van der Waals surface area contributed by atoms with Crippen LogP contribution in [0.5, 0.6) is 11.5 Å². The number of aliphatic carboxylic acids is 1. The highest BCUT2D eigenvalue weighted by molar-refractivity contribution is 5.91. The average molecular weight is 306 g/mol. The standard InChI is InChI=1S/C15H14O7/c1-7(14(17)18)11-5-9-4-10(20-3)6-12(21-8(2)16)13(9)15(19)22-11/h4-7H,1-3H3,(H,17,18). The molecule has 1 atom stereocenters. The SMILES string of the molecule is COc1cc(OC(C)=O)c2c(=O)oc(C(C)C(=O)O)cc2c1. The highest BCUT2D eigenvalue weighted by Gasteiger charge is 2.20. The van der Waals surface area contributed by atoms with E-state index in [2.05, 4.69) is 0 Å². The zero-order valence-electron chi connectivity index (χ0n) is 12.2. The summed E-state index contributed by atoms with van der Waals surface area (Å²) in [5, 5.41) is 9.44. The van der Waals surface area contributed by atoms with Crippen molar-refractivity contribution in [2.24, 2.45) is 0 Å². The molecule has 1 heterocycles. The number of ether oxygens (including phenoxy) is 2. The number of carboxylic acids is 1. The van der Waals surface area contributed by atoms with Crippen molar-refractivity contribution in [3.63, 3.8) is 0 Å². The lowest BCUT2D eigenvalue weighted by molar-refractivity contribution is -0.138. The number of rotatable bonds is 4. The van der Waals surface area contributed by atoms with Gasteiger partial charge in [-0.15, -0.1) is 0 Å². The topological polar surface area (TPSA) is 103 Å². The summed E-state index contributed by atoms with van der Waals surface area (Å²) < 4.78 is 15.1. The number of fused-ring (bicyclic) bond motifs is 1. The van der Waals surface area contributed by atoms with E-state index in [1.54, 1.807) is 0 Å². The van der Waals surface area contributed by atoms with Crippen molar-refractivity contribution in [1.29, 1.82) is 0 Å². The maximum Gasteiger partial charge on any atom is 0.347 e. The van der Waals surface area contributed by atoms with Gasteiger partial charge in [-0.25, -0.2) is 4.79 Å². The van der Waals surface area contributed by atoms with Crippen LogP contribution in [0.1, 0.15) is 25.5 Å². The van der Waals surface area contributed by atoms with E-state index >= 15 is 0 Å². The van der Waals surface area contributed by atoms with Gasteiger partial charge in [0.25, 0.3) is 0 Å². The molecule has 2 aromatic rings. The van der Waals surface area contributed by atoms with Crippen molar-refractivity contribution in [2.75, 3.05) is 7.11 Å². The second-order valence-electron chi connectivity index (χ2n) is 4.68. The molecule has 0 saturated heterocycles. The third-order valence-corrected chi connectivity index (χ3v) is 3.11. The van der Waals surface area contributed by atoms with Gasteiger partial charge in [-0.05, 0) is 24.4 Å². The minimum Gasteiger partial charge on any atom is -0.497 e. The quantitative estimate of drug-likeness (QED) is 0.679. The molecule has 2 rings (SSSR count). The number of carboxylic acid groups (broad SMARTS) is 1. The molecule has 1 N–H and O–H groups in total. The van der Waals surface area contributed by atoms with Gasteiger partial charge in [-0.1, -0.05) is 0 Å². The fraction of sp³-hybridized carbons (Fsp3) is 0.267. The Morgan fingerprint density at radius 3 is 2.50 bits per heavy atom. The summed E-state index contributed by atoms with van der Waals surface area (Å²) in [6.07, 6.45) is 0. The van der Waals surface area contributed by atoms with Crippen molar-refractivity contribution in [2.45, 2.75) is 19.8 Å². The number of esters is 1. The molecule has 7 nitrogen and oxygen atoms in total. The van der Waals surface area contributed by atoms with Crippen LogP contribution in [0.4, 0.5) is 0 Å². The molecule has 0 aliphatic heterocycles. The van der Waals surface area contributed by atoms with Gasteiger partial charge in [-0.3, -0.25) is 9.59 Å². The molecule has 22 heavy (non-hydrogen) atoms. The number of methoxy groups -OCH3 is 1. The van der Waals surface area contributed by atoms with Crippen LogP contribution in [0.25, 0.3) is 10.8 Å². The lowest BCUT2D eigenvalue weighted by atomic mass is 10.1. The van der Waals surface area contributed by atoms with Crippen molar-refractivity contribution in [1.82, 2.24) is 0 Å². The first-order valence-electron chi connectivity index (χ1n) is 6.40. The van der Waals surface area contributed by atoms with Crippen LogP contribution in [-0.4, -0.2) is 24.2 Å². The summed E-state index contributed by atoms with van der Waals surface area (Å²) >= 11 is 0. The van der Waals surface area contributed by atoms with Gasteiger partial charge < -0.3 is 19.0 Å². The van der Waals surface area contributed by atoms with Crippen molar-refractivity contribution >= 4 is 22.7 Å². The molecule has 0 saturated carbocycles. The molecule has 116 valence electrons. The first-order chi connectivity index (χ1) is 10.3. The normalized spacial score (nSPS) is 12.0. The van der Waals surface area contributed by atoms with Crippen molar-refractivity contribution in [3.8, 4) is 11.5 Å². The number of benzene rings is 1. The lowest BCUT2D eigenvalue weighted by Crippen LogP contribution is -2.12. The van der Waals surface area contributed by atoms with Crippen LogP contribution in [0.15, 0.2) is 27.4 Å². The Kier molecular flexibility index (Phi) is 4.16. The molecule has 1 unspecified atom stereocenters. The molecule has 1 aromatic heterocycles. The summed E-state index contributed by atoms with van der Waals surface area (Å²) in [6, 6.07) is 4.35. The molecular weight excluding hydrogens is 292 g/mol. The molecule has 0 amide bonds. The number of hydrogen-bond donors (Lipinski definition) is 1. The highest BCUT2D eigenvalue weighted by atomic mass is 16.5. The first kappa shape index (κ1) is 15.6. The Bertz CT molecular complexity index is 803. The van der Waals surface area contributed by atoms with Crippen molar-refractivity contribution in [3.05, 3.63) is 34.4 Å². The van der Waals surface area contributed by atoms with E-state index in [1.165, 1.54) is 39.2 Å². The summed E-state index contributed by atoms with van der Waals surface area (Å²) in [7, 11) is 1.42. The molecule has 0 bridgehead atoms. The molecule has 1 aromatic carbocycles. The summed E-state index contributed by atoms with van der Waals surface area (Å²) in [5.74, 6) is -2.33. The van der Waals surface area contributed by atoms with Gasteiger partial charge in [0.05, 0.1) is 7.11 Å². The van der Waals surface area contributed by atoms with Gasteiger partial charge in [-0.2, -0.15) is 0 Å². The Labute approximate surface area is 125 Å². The van der Waals surface area contributed by atoms with Gasteiger partial charge in [0, 0.05) is 13.0 Å². The van der Waals surface area contributed by atoms with Crippen LogP contribution in [-0.2, 0) is 9.59 Å². The van der Waals surface area contributed by atoms with Gasteiger partial charge >= 0.3 is 17.6 Å². The van der Waals surface area contributed by atoms with Gasteiger partial charge in [0.15, 0.2) is 0 Å². The van der Waals surface area contributed by atoms with E-state index in [0.717, 1.165) is 0 Å². The first-order valence-corrected chi connectivity index (χ1v) is 6.40. The fourth-order valence-corrected chi connectivity index (χ4v) is 1.97. The summed E-state index contributed by atoms with van der Waals surface area (Å²) in [5.41, 5.74) is -0.778. The largest absolute Gasteiger partial charge is 0.497 e. The molecule has 0 aliphatic rings. The fourth-order valence-electron chi connectivity index (χ4n) is 1.97. The van der Waals surface area contributed by atoms with E-state index in [4.69, 9.17) is 19.0 Å². The van der Waals surface area contributed by atoms with Crippen LogP contribution in [0.2, 0.25) is 0 Å². The maximum absolute atomic E-state index is 12.1. The second kappa shape index (κ2) is 5.88. The Hall–Kier alpha value is -2.83. The third kappa shape index (κ3) is 2.93. The van der Waals surface area contributed by atoms with Crippen LogP contribution < -0.4 is 15.1 Å². The van der Waals surface area contributed by atoms with Crippen LogP contribution >= 0.6 is 0 Å². The number of carbonyl (C=O) groups is 2. The Morgan fingerprint density at radius 2 is 1.95 bits per heavy atom. The molecule has 0 aliphatic carbocycles.